The maximum Gasteiger partial charge on any atom is 0.275 e. The number of quaternary nitrogens is 1. The Hall–Kier alpha value is -2.40. The zero-order chi connectivity index (χ0) is 15.2. The number of carbonyl (C=O) groups excluding carboxylic acids is 2. The minimum Gasteiger partial charge on any atom is -0.368 e. The Morgan fingerprint density at radius 1 is 1.19 bits per heavy atom. The average Bonchev–Trinajstić information content (AvgIpc) is 2.50. The highest BCUT2D eigenvalue weighted by Crippen LogP contribution is 2.21. The van der Waals surface area contributed by atoms with Gasteiger partial charge in [-0.1, -0.05) is 42.5 Å². The number of rotatable bonds is 6. The quantitative estimate of drug-likeness (QED) is 0.701. The van der Waals surface area contributed by atoms with Crippen LogP contribution in [0.3, 0.4) is 0 Å². The zero-order valence-corrected chi connectivity index (χ0v) is 12.0. The minimum absolute atomic E-state index is 0.116. The maximum atomic E-state index is 11.6. The molecule has 0 fully saturated rings. The van der Waals surface area contributed by atoms with Crippen molar-refractivity contribution >= 4 is 22.6 Å². The van der Waals surface area contributed by atoms with Gasteiger partial charge in [0.2, 0.25) is 5.91 Å². The Labute approximate surface area is 123 Å². The third-order valence-electron chi connectivity index (χ3n) is 3.43. The predicted octanol–water partition coefficient (Wildman–Crippen LogP) is 0.0657. The van der Waals surface area contributed by atoms with Crippen molar-refractivity contribution in [3.8, 4) is 0 Å². The summed E-state index contributed by atoms with van der Waals surface area (Å²) in [4.78, 5) is 22.2. The molecule has 5 nitrogen and oxygen atoms in total. The largest absolute Gasteiger partial charge is 0.368 e. The van der Waals surface area contributed by atoms with Crippen LogP contribution in [0.2, 0.25) is 0 Å². The Morgan fingerprint density at radius 2 is 1.90 bits per heavy atom. The fourth-order valence-corrected chi connectivity index (χ4v) is 2.32. The van der Waals surface area contributed by atoms with E-state index in [1.807, 2.05) is 23.5 Å². The highest BCUT2D eigenvalue weighted by Gasteiger charge is 2.14. The van der Waals surface area contributed by atoms with Crippen LogP contribution in [-0.4, -0.2) is 24.9 Å². The first-order chi connectivity index (χ1) is 10.1. The van der Waals surface area contributed by atoms with Crippen LogP contribution < -0.4 is 16.4 Å². The summed E-state index contributed by atoms with van der Waals surface area (Å²) in [6, 6.07) is 14.5. The maximum absolute atomic E-state index is 11.6. The topological polar surface area (TPSA) is 88.8 Å². The van der Waals surface area contributed by atoms with E-state index in [0.717, 1.165) is 0 Å². The fraction of sp³-hybridized carbons (Fsp3) is 0.250. The number of benzene rings is 2. The van der Waals surface area contributed by atoms with Gasteiger partial charge in [-0.25, -0.2) is 0 Å². The summed E-state index contributed by atoms with van der Waals surface area (Å²) in [5.74, 6) is -0.730. The molecule has 2 aromatic rings. The van der Waals surface area contributed by atoms with E-state index in [9.17, 15) is 9.59 Å². The first kappa shape index (κ1) is 15.0. The summed E-state index contributed by atoms with van der Waals surface area (Å²) in [5, 5.41) is 6.81. The number of fused-ring (bicyclic) bond motifs is 1. The molecule has 0 aliphatic rings. The first-order valence-electron chi connectivity index (χ1n) is 6.94. The van der Waals surface area contributed by atoms with Gasteiger partial charge >= 0.3 is 0 Å². The van der Waals surface area contributed by atoms with Crippen LogP contribution in [0.5, 0.6) is 0 Å². The van der Waals surface area contributed by atoms with E-state index < -0.39 is 5.91 Å². The summed E-state index contributed by atoms with van der Waals surface area (Å²) in [6.45, 7) is 2.20. The zero-order valence-electron chi connectivity index (χ0n) is 12.0. The van der Waals surface area contributed by atoms with Gasteiger partial charge < -0.3 is 16.4 Å². The molecule has 0 heterocycles. The van der Waals surface area contributed by atoms with Gasteiger partial charge in [-0.15, -0.1) is 0 Å². The van der Waals surface area contributed by atoms with Crippen LogP contribution in [0.1, 0.15) is 18.5 Å². The van der Waals surface area contributed by atoms with E-state index in [4.69, 9.17) is 5.73 Å². The molecule has 5 heteroatoms. The number of nitrogens with two attached hydrogens (primary N) is 2. The predicted molar refractivity (Wildman–Crippen MR) is 81.4 cm³/mol. The molecule has 0 radical (unpaired) electrons. The van der Waals surface area contributed by atoms with Gasteiger partial charge in [0.1, 0.15) is 6.04 Å². The molecule has 0 unspecified atom stereocenters. The van der Waals surface area contributed by atoms with E-state index in [0.29, 0.717) is 0 Å². The molecule has 0 bridgehead atoms. The molecule has 0 spiro atoms. The van der Waals surface area contributed by atoms with Gasteiger partial charge in [0.05, 0.1) is 6.54 Å². The van der Waals surface area contributed by atoms with Gasteiger partial charge in [0.15, 0.2) is 6.54 Å². The van der Waals surface area contributed by atoms with E-state index >= 15 is 0 Å². The van der Waals surface area contributed by atoms with Crippen molar-refractivity contribution in [1.82, 2.24) is 5.32 Å². The van der Waals surface area contributed by atoms with Crippen molar-refractivity contribution in [2.24, 2.45) is 5.73 Å². The average molecular weight is 286 g/mol. The van der Waals surface area contributed by atoms with E-state index in [2.05, 4.69) is 36.5 Å². The molecule has 0 saturated carbocycles. The molecule has 5 N–H and O–H groups in total. The minimum atomic E-state index is -0.537. The van der Waals surface area contributed by atoms with Crippen molar-refractivity contribution in [2.75, 3.05) is 13.1 Å². The third kappa shape index (κ3) is 4.03. The molecule has 0 aliphatic carbocycles. The Balaban J connectivity index is 2.01. The highest BCUT2D eigenvalue weighted by molar-refractivity contribution is 5.86. The fourth-order valence-electron chi connectivity index (χ4n) is 2.32. The van der Waals surface area contributed by atoms with E-state index in [-0.39, 0.29) is 25.0 Å². The van der Waals surface area contributed by atoms with Crippen LogP contribution in [0.15, 0.2) is 42.5 Å². The highest BCUT2D eigenvalue weighted by atomic mass is 16.2. The molecule has 2 rings (SSSR count). The van der Waals surface area contributed by atoms with Crippen LogP contribution >= 0.6 is 0 Å². The molecule has 2 amide bonds. The third-order valence-corrected chi connectivity index (χ3v) is 3.43. The lowest BCUT2D eigenvalue weighted by molar-refractivity contribution is -0.682. The van der Waals surface area contributed by atoms with E-state index in [1.165, 1.54) is 16.3 Å². The number of primary amides is 1. The molecule has 0 aliphatic heterocycles. The van der Waals surface area contributed by atoms with E-state index in [1.54, 1.807) is 0 Å². The summed E-state index contributed by atoms with van der Waals surface area (Å²) in [7, 11) is 0. The molecule has 2 aromatic carbocycles. The smallest absolute Gasteiger partial charge is 0.275 e. The second-order valence-corrected chi connectivity index (χ2v) is 5.04. The SMILES string of the molecule is C[C@H]([NH2+]CC(=O)NCC(N)=O)c1cccc2ccccc12. The van der Waals surface area contributed by atoms with Gasteiger partial charge in [-0.2, -0.15) is 0 Å². The van der Waals surface area contributed by atoms with Crippen molar-refractivity contribution in [3.05, 3.63) is 48.0 Å². The Bertz CT molecular complexity index is 650. The van der Waals surface area contributed by atoms with Crippen molar-refractivity contribution in [2.45, 2.75) is 13.0 Å². The number of carbonyl (C=O) groups is 2. The van der Waals surface area contributed by atoms with Crippen LogP contribution in [0.4, 0.5) is 0 Å². The number of nitrogens with one attached hydrogen (secondary N) is 1. The molecular formula is C16H20N3O2+. The van der Waals surface area contributed by atoms with Crippen LogP contribution in [0, 0.1) is 0 Å². The standard InChI is InChI=1S/C16H19N3O2/c1-11(18-10-16(21)19-9-15(17)20)13-8-4-6-12-5-2-3-7-14(12)13/h2-8,11,18H,9-10H2,1H3,(H2,17,20)(H,19,21)/p+1/t11-/m0/s1. The number of hydrogen-bond donors (Lipinski definition) is 3. The second kappa shape index (κ2) is 6.85. The lowest BCUT2D eigenvalue weighted by Crippen LogP contribution is -2.87. The van der Waals surface area contributed by atoms with Crippen LogP contribution in [0.25, 0.3) is 10.8 Å². The summed E-state index contributed by atoms with van der Waals surface area (Å²) in [6.07, 6.45) is 0. The second-order valence-electron chi connectivity index (χ2n) is 5.04. The van der Waals surface area contributed by atoms with Gasteiger partial charge in [-0.05, 0) is 17.7 Å². The number of amides is 2. The normalized spacial score (nSPS) is 12.0. The molecular weight excluding hydrogens is 266 g/mol. The lowest BCUT2D eigenvalue weighted by Gasteiger charge is -2.13. The Morgan fingerprint density at radius 3 is 2.67 bits per heavy atom. The van der Waals surface area contributed by atoms with Crippen molar-refractivity contribution in [1.29, 1.82) is 0 Å². The van der Waals surface area contributed by atoms with Gasteiger partial charge in [0, 0.05) is 5.56 Å². The summed E-state index contributed by atoms with van der Waals surface area (Å²) in [5.41, 5.74) is 6.18. The summed E-state index contributed by atoms with van der Waals surface area (Å²) < 4.78 is 0. The van der Waals surface area contributed by atoms with Gasteiger partial charge in [0.25, 0.3) is 5.91 Å². The monoisotopic (exact) mass is 286 g/mol. The Kier molecular flexibility index (Phi) is 4.90. The van der Waals surface area contributed by atoms with Crippen molar-refractivity contribution < 1.29 is 14.9 Å². The molecule has 0 aromatic heterocycles. The number of hydrogen-bond acceptors (Lipinski definition) is 2. The van der Waals surface area contributed by atoms with Gasteiger partial charge in [-0.3, -0.25) is 9.59 Å². The van der Waals surface area contributed by atoms with Crippen molar-refractivity contribution in [3.63, 3.8) is 0 Å². The first-order valence-corrected chi connectivity index (χ1v) is 6.94. The lowest BCUT2D eigenvalue weighted by atomic mass is 10.00. The molecule has 0 saturated heterocycles. The summed E-state index contributed by atoms with van der Waals surface area (Å²) >= 11 is 0. The molecule has 21 heavy (non-hydrogen) atoms. The molecule has 1 atom stereocenters. The molecule has 110 valence electrons. The van der Waals surface area contributed by atoms with Crippen LogP contribution in [-0.2, 0) is 9.59 Å².